The van der Waals surface area contributed by atoms with E-state index in [9.17, 15) is 4.39 Å². The first kappa shape index (κ1) is 14.0. The van der Waals surface area contributed by atoms with Crippen LogP contribution in [0.4, 0.5) is 4.39 Å². The van der Waals surface area contributed by atoms with Gasteiger partial charge in [-0.25, -0.2) is 9.37 Å². The summed E-state index contributed by atoms with van der Waals surface area (Å²) in [5.41, 5.74) is 1.50. The molecule has 3 rings (SSSR count). The van der Waals surface area contributed by atoms with Crippen LogP contribution in [0.3, 0.4) is 0 Å². The van der Waals surface area contributed by atoms with Crippen molar-refractivity contribution in [2.75, 3.05) is 32.8 Å². The number of morpholine rings is 1. The predicted octanol–water partition coefficient (Wildman–Crippen LogP) is 1.57. The van der Waals surface area contributed by atoms with Crippen LogP contribution in [0, 0.1) is 17.1 Å². The van der Waals surface area contributed by atoms with Gasteiger partial charge in [-0.2, -0.15) is 5.26 Å². The summed E-state index contributed by atoms with van der Waals surface area (Å²) in [6.07, 6.45) is 0.236. The van der Waals surface area contributed by atoms with Crippen LogP contribution in [0.1, 0.15) is 5.82 Å². The summed E-state index contributed by atoms with van der Waals surface area (Å²) in [5.74, 6) is 0.398. The lowest BCUT2D eigenvalue weighted by Gasteiger charge is -2.26. The molecule has 2 heterocycles. The molecular weight excluding hydrogens is 271 g/mol. The van der Waals surface area contributed by atoms with E-state index < -0.39 is 0 Å². The van der Waals surface area contributed by atoms with Gasteiger partial charge in [0.25, 0.3) is 0 Å². The molecule has 0 radical (unpaired) electrons. The highest BCUT2D eigenvalue weighted by Crippen LogP contribution is 2.18. The number of fused-ring (bicyclic) bond motifs is 1. The minimum Gasteiger partial charge on any atom is -0.379 e. The summed E-state index contributed by atoms with van der Waals surface area (Å²) in [4.78, 5) is 6.71. The normalized spacial score (nSPS) is 16.2. The Hall–Kier alpha value is -1.97. The molecule has 0 unspecified atom stereocenters. The van der Waals surface area contributed by atoms with E-state index in [1.54, 1.807) is 6.07 Å². The van der Waals surface area contributed by atoms with Crippen molar-refractivity contribution in [2.24, 2.45) is 0 Å². The molecule has 1 aliphatic rings. The quantitative estimate of drug-likeness (QED) is 0.857. The minimum absolute atomic E-state index is 0.236. The van der Waals surface area contributed by atoms with Crippen molar-refractivity contribution in [1.29, 1.82) is 5.26 Å². The lowest BCUT2D eigenvalue weighted by atomic mass is 10.3. The lowest BCUT2D eigenvalue weighted by Crippen LogP contribution is -2.38. The number of rotatable bonds is 4. The second-order valence-electron chi connectivity index (χ2n) is 5.10. The molecule has 0 aliphatic carbocycles. The number of halogens is 1. The summed E-state index contributed by atoms with van der Waals surface area (Å²) < 4.78 is 20.7. The average molecular weight is 288 g/mol. The summed E-state index contributed by atoms with van der Waals surface area (Å²) in [6.45, 7) is 5.01. The number of benzene rings is 1. The van der Waals surface area contributed by atoms with Crippen LogP contribution >= 0.6 is 0 Å². The van der Waals surface area contributed by atoms with Crippen LogP contribution in [0.5, 0.6) is 0 Å². The zero-order valence-corrected chi connectivity index (χ0v) is 11.8. The van der Waals surface area contributed by atoms with Crippen molar-refractivity contribution in [2.45, 2.75) is 13.0 Å². The maximum atomic E-state index is 13.3. The molecule has 0 amide bonds. The highest BCUT2D eigenvalue weighted by atomic mass is 19.1. The zero-order valence-electron chi connectivity index (χ0n) is 11.8. The third-order valence-electron chi connectivity index (χ3n) is 3.77. The number of nitrogens with zero attached hydrogens (tertiary/aromatic N) is 4. The Morgan fingerprint density at radius 3 is 2.86 bits per heavy atom. The van der Waals surface area contributed by atoms with Gasteiger partial charge in [0.1, 0.15) is 11.6 Å². The van der Waals surface area contributed by atoms with Gasteiger partial charge in [-0.15, -0.1) is 0 Å². The first-order valence-corrected chi connectivity index (χ1v) is 7.09. The molecule has 1 aromatic heterocycles. The molecule has 6 heteroatoms. The molecule has 5 nitrogen and oxygen atoms in total. The largest absolute Gasteiger partial charge is 0.379 e. The van der Waals surface area contributed by atoms with Gasteiger partial charge in [0.05, 0.1) is 36.7 Å². The summed E-state index contributed by atoms with van der Waals surface area (Å²) in [6, 6.07) is 6.72. The number of imidazole rings is 1. The Labute approximate surface area is 122 Å². The third-order valence-corrected chi connectivity index (χ3v) is 3.77. The number of ether oxygens (including phenoxy) is 1. The van der Waals surface area contributed by atoms with Crippen molar-refractivity contribution < 1.29 is 9.13 Å². The number of nitriles is 1. The molecule has 1 aromatic carbocycles. The molecule has 0 N–H and O–H groups in total. The monoisotopic (exact) mass is 288 g/mol. The maximum Gasteiger partial charge on any atom is 0.125 e. The SMILES string of the molecule is N#CCc1nc2cc(F)ccc2n1CCN1CCOCC1. The first-order valence-electron chi connectivity index (χ1n) is 7.09. The van der Waals surface area contributed by atoms with Crippen molar-refractivity contribution in [3.8, 4) is 6.07 Å². The topological polar surface area (TPSA) is 54.1 Å². The van der Waals surface area contributed by atoms with E-state index in [4.69, 9.17) is 10.00 Å². The summed E-state index contributed by atoms with van der Waals surface area (Å²) in [5, 5.41) is 8.94. The Bertz CT molecular complexity index is 670. The molecule has 1 aliphatic heterocycles. The highest BCUT2D eigenvalue weighted by molar-refractivity contribution is 5.76. The van der Waals surface area contributed by atoms with E-state index in [-0.39, 0.29) is 12.2 Å². The van der Waals surface area contributed by atoms with E-state index >= 15 is 0 Å². The van der Waals surface area contributed by atoms with Crippen LogP contribution < -0.4 is 0 Å². The molecule has 0 spiro atoms. The standard InChI is InChI=1S/C15H17FN4O/c16-12-1-2-14-13(11-12)18-15(3-4-17)20(14)6-5-19-7-9-21-10-8-19/h1-2,11H,3,5-10H2. The second kappa shape index (κ2) is 6.20. The molecule has 1 fully saturated rings. The second-order valence-corrected chi connectivity index (χ2v) is 5.10. The number of hydrogen-bond acceptors (Lipinski definition) is 4. The Kier molecular flexibility index (Phi) is 4.13. The highest BCUT2D eigenvalue weighted by Gasteiger charge is 2.14. The van der Waals surface area contributed by atoms with Crippen molar-refractivity contribution >= 4 is 11.0 Å². The minimum atomic E-state index is -0.302. The molecule has 0 bridgehead atoms. The zero-order chi connectivity index (χ0) is 14.7. The fraction of sp³-hybridized carbons (Fsp3) is 0.467. The van der Waals surface area contributed by atoms with Gasteiger partial charge in [-0.3, -0.25) is 4.90 Å². The van der Waals surface area contributed by atoms with E-state index in [1.165, 1.54) is 12.1 Å². The molecule has 2 aromatic rings. The van der Waals surface area contributed by atoms with Gasteiger partial charge in [0.2, 0.25) is 0 Å². The molecule has 1 saturated heterocycles. The first-order chi connectivity index (χ1) is 10.3. The summed E-state index contributed by atoms with van der Waals surface area (Å²) in [7, 11) is 0. The van der Waals surface area contributed by atoms with Crippen LogP contribution in [-0.4, -0.2) is 47.3 Å². The Morgan fingerprint density at radius 2 is 2.10 bits per heavy atom. The van der Waals surface area contributed by atoms with E-state index in [1.807, 2.05) is 4.57 Å². The molecule has 0 saturated carbocycles. The van der Waals surface area contributed by atoms with E-state index in [2.05, 4.69) is 16.0 Å². The van der Waals surface area contributed by atoms with Crippen LogP contribution in [0.25, 0.3) is 11.0 Å². The molecule has 0 atom stereocenters. The van der Waals surface area contributed by atoms with Crippen LogP contribution in [0.15, 0.2) is 18.2 Å². The van der Waals surface area contributed by atoms with Crippen molar-refractivity contribution in [1.82, 2.24) is 14.5 Å². The third kappa shape index (κ3) is 3.04. The van der Waals surface area contributed by atoms with E-state index in [0.29, 0.717) is 11.3 Å². The molecule has 21 heavy (non-hydrogen) atoms. The number of hydrogen-bond donors (Lipinski definition) is 0. The Morgan fingerprint density at radius 1 is 1.29 bits per heavy atom. The lowest BCUT2D eigenvalue weighted by molar-refractivity contribution is 0.0364. The van der Waals surface area contributed by atoms with Crippen LogP contribution in [-0.2, 0) is 17.7 Å². The smallest absolute Gasteiger partial charge is 0.125 e. The fourth-order valence-corrected chi connectivity index (χ4v) is 2.67. The van der Waals surface area contributed by atoms with Gasteiger partial charge < -0.3 is 9.30 Å². The Balaban J connectivity index is 1.84. The fourth-order valence-electron chi connectivity index (χ4n) is 2.67. The molecular formula is C15H17FN4O. The van der Waals surface area contributed by atoms with Crippen molar-refractivity contribution in [3.63, 3.8) is 0 Å². The van der Waals surface area contributed by atoms with Gasteiger partial charge in [0.15, 0.2) is 0 Å². The van der Waals surface area contributed by atoms with Gasteiger partial charge in [-0.1, -0.05) is 0 Å². The number of aromatic nitrogens is 2. The van der Waals surface area contributed by atoms with Gasteiger partial charge in [-0.05, 0) is 12.1 Å². The van der Waals surface area contributed by atoms with Gasteiger partial charge >= 0.3 is 0 Å². The van der Waals surface area contributed by atoms with Crippen molar-refractivity contribution in [3.05, 3.63) is 29.8 Å². The summed E-state index contributed by atoms with van der Waals surface area (Å²) >= 11 is 0. The van der Waals surface area contributed by atoms with Gasteiger partial charge in [0, 0.05) is 32.2 Å². The van der Waals surface area contributed by atoms with E-state index in [0.717, 1.165) is 44.9 Å². The van der Waals surface area contributed by atoms with Crippen LogP contribution in [0.2, 0.25) is 0 Å². The maximum absolute atomic E-state index is 13.3. The predicted molar refractivity (Wildman–Crippen MR) is 76.3 cm³/mol. The molecule has 110 valence electrons. The average Bonchev–Trinajstić information content (AvgIpc) is 2.83.